The average molecular weight is 199 g/mol. The van der Waals surface area contributed by atoms with Crippen molar-refractivity contribution in [3.63, 3.8) is 0 Å². The maximum Gasteiger partial charge on any atom is 0.0701 e. The molecular formula is C13H13NO. The Morgan fingerprint density at radius 3 is 2.80 bits per heavy atom. The van der Waals surface area contributed by atoms with E-state index >= 15 is 0 Å². The molecule has 1 aliphatic rings. The summed E-state index contributed by atoms with van der Waals surface area (Å²) in [5.74, 6) is 0. The van der Waals surface area contributed by atoms with Crippen LogP contribution >= 0.6 is 0 Å². The molecule has 2 nitrogen and oxygen atoms in total. The molecule has 0 aromatic heterocycles. The highest BCUT2D eigenvalue weighted by Gasteiger charge is 2.18. The summed E-state index contributed by atoms with van der Waals surface area (Å²) in [6, 6.07) is 15.3. The number of fused-ring (bicyclic) bond motifs is 1. The third-order valence-electron chi connectivity index (χ3n) is 2.93. The van der Waals surface area contributed by atoms with Gasteiger partial charge in [-0.15, -0.1) is 0 Å². The zero-order valence-electron chi connectivity index (χ0n) is 8.44. The van der Waals surface area contributed by atoms with Gasteiger partial charge in [0.2, 0.25) is 0 Å². The SMILES string of the molecule is c1ccc2c(C3CCON3)cccc2c1. The monoisotopic (exact) mass is 199 g/mol. The number of benzene rings is 2. The molecular weight excluding hydrogens is 186 g/mol. The van der Waals surface area contributed by atoms with Gasteiger partial charge in [0.15, 0.2) is 0 Å². The third kappa shape index (κ3) is 1.52. The van der Waals surface area contributed by atoms with Gasteiger partial charge in [0.1, 0.15) is 0 Å². The van der Waals surface area contributed by atoms with E-state index in [1.165, 1.54) is 16.3 Å². The van der Waals surface area contributed by atoms with Crippen LogP contribution in [0.15, 0.2) is 42.5 Å². The molecule has 1 aliphatic heterocycles. The number of hydrogen-bond acceptors (Lipinski definition) is 2. The second kappa shape index (κ2) is 3.65. The lowest BCUT2D eigenvalue weighted by atomic mass is 9.98. The van der Waals surface area contributed by atoms with Crippen molar-refractivity contribution >= 4 is 10.8 Å². The quantitative estimate of drug-likeness (QED) is 0.762. The normalized spacial score (nSPS) is 20.9. The van der Waals surface area contributed by atoms with Crippen molar-refractivity contribution in [2.75, 3.05) is 6.61 Å². The second-order valence-corrected chi connectivity index (χ2v) is 3.88. The first-order valence-corrected chi connectivity index (χ1v) is 5.30. The number of rotatable bonds is 1. The molecule has 1 heterocycles. The van der Waals surface area contributed by atoms with Crippen LogP contribution < -0.4 is 5.48 Å². The molecule has 15 heavy (non-hydrogen) atoms. The predicted molar refractivity (Wildman–Crippen MR) is 60.4 cm³/mol. The van der Waals surface area contributed by atoms with Gasteiger partial charge in [0, 0.05) is 0 Å². The molecule has 2 aromatic rings. The fourth-order valence-electron chi connectivity index (χ4n) is 2.17. The van der Waals surface area contributed by atoms with Gasteiger partial charge in [-0.05, 0) is 22.8 Å². The minimum Gasteiger partial charge on any atom is -0.301 e. The molecule has 1 fully saturated rings. The van der Waals surface area contributed by atoms with E-state index in [4.69, 9.17) is 4.84 Å². The van der Waals surface area contributed by atoms with Crippen molar-refractivity contribution < 1.29 is 4.84 Å². The molecule has 0 radical (unpaired) electrons. The van der Waals surface area contributed by atoms with E-state index in [-0.39, 0.29) is 0 Å². The number of hydroxylamine groups is 1. The summed E-state index contributed by atoms with van der Waals surface area (Å²) in [6.45, 7) is 0.799. The van der Waals surface area contributed by atoms with Crippen molar-refractivity contribution in [2.24, 2.45) is 0 Å². The highest BCUT2D eigenvalue weighted by molar-refractivity contribution is 5.86. The van der Waals surface area contributed by atoms with Gasteiger partial charge >= 0.3 is 0 Å². The molecule has 0 amide bonds. The van der Waals surface area contributed by atoms with Crippen LogP contribution in [0, 0.1) is 0 Å². The van der Waals surface area contributed by atoms with Gasteiger partial charge in [0.05, 0.1) is 12.6 Å². The van der Waals surface area contributed by atoms with Crippen LogP contribution in [0.2, 0.25) is 0 Å². The lowest BCUT2D eigenvalue weighted by Gasteiger charge is -2.11. The Morgan fingerprint density at radius 2 is 1.93 bits per heavy atom. The van der Waals surface area contributed by atoms with Crippen molar-refractivity contribution in [3.8, 4) is 0 Å². The first-order chi connectivity index (χ1) is 7.45. The van der Waals surface area contributed by atoms with Crippen molar-refractivity contribution in [1.82, 2.24) is 5.48 Å². The molecule has 2 heteroatoms. The maximum atomic E-state index is 5.21. The Balaban J connectivity index is 2.16. The lowest BCUT2D eigenvalue weighted by Crippen LogP contribution is -2.11. The molecule has 2 aromatic carbocycles. The molecule has 0 saturated carbocycles. The van der Waals surface area contributed by atoms with Gasteiger partial charge in [-0.25, -0.2) is 0 Å². The molecule has 76 valence electrons. The fraction of sp³-hybridized carbons (Fsp3) is 0.231. The molecule has 0 bridgehead atoms. The average Bonchev–Trinajstić information content (AvgIpc) is 2.82. The standard InChI is InChI=1S/C13H13NO/c1-2-6-11-10(4-1)5-3-7-12(11)13-8-9-15-14-13/h1-7,13-14H,8-9H2. The van der Waals surface area contributed by atoms with Gasteiger partial charge in [0.25, 0.3) is 0 Å². The van der Waals surface area contributed by atoms with Crippen molar-refractivity contribution in [3.05, 3.63) is 48.0 Å². The summed E-state index contributed by atoms with van der Waals surface area (Å²) in [6.07, 6.45) is 1.05. The van der Waals surface area contributed by atoms with Gasteiger partial charge < -0.3 is 4.84 Å². The van der Waals surface area contributed by atoms with Gasteiger partial charge in [-0.3, -0.25) is 0 Å². The van der Waals surface area contributed by atoms with E-state index in [2.05, 4.69) is 47.9 Å². The zero-order valence-corrected chi connectivity index (χ0v) is 8.44. The van der Waals surface area contributed by atoms with Gasteiger partial charge in [-0.2, -0.15) is 5.48 Å². The van der Waals surface area contributed by atoms with E-state index in [0.717, 1.165) is 13.0 Å². The predicted octanol–water partition coefficient (Wildman–Crippen LogP) is 2.81. The second-order valence-electron chi connectivity index (χ2n) is 3.88. The molecule has 1 N–H and O–H groups in total. The largest absolute Gasteiger partial charge is 0.301 e. The summed E-state index contributed by atoms with van der Waals surface area (Å²) in [4.78, 5) is 5.21. The minimum atomic E-state index is 0.344. The Labute approximate surface area is 88.8 Å². The first-order valence-electron chi connectivity index (χ1n) is 5.30. The van der Waals surface area contributed by atoms with Crippen molar-refractivity contribution in [2.45, 2.75) is 12.5 Å². The summed E-state index contributed by atoms with van der Waals surface area (Å²) < 4.78 is 0. The smallest absolute Gasteiger partial charge is 0.0701 e. The summed E-state index contributed by atoms with van der Waals surface area (Å²) >= 11 is 0. The summed E-state index contributed by atoms with van der Waals surface area (Å²) in [5, 5.41) is 2.62. The van der Waals surface area contributed by atoms with E-state index in [1.807, 2.05) is 0 Å². The van der Waals surface area contributed by atoms with E-state index < -0.39 is 0 Å². The minimum absolute atomic E-state index is 0.344. The first kappa shape index (κ1) is 8.89. The third-order valence-corrected chi connectivity index (χ3v) is 2.93. The summed E-state index contributed by atoms with van der Waals surface area (Å²) in [5.41, 5.74) is 4.40. The number of hydrogen-bond donors (Lipinski definition) is 1. The summed E-state index contributed by atoms with van der Waals surface area (Å²) in [7, 11) is 0. The molecule has 1 unspecified atom stereocenters. The molecule has 3 rings (SSSR count). The van der Waals surface area contributed by atoms with Crippen LogP contribution in [0.5, 0.6) is 0 Å². The van der Waals surface area contributed by atoms with E-state index in [1.54, 1.807) is 0 Å². The zero-order chi connectivity index (χ0) is 10.1. The Morgan fingerprint density at radius 1 is 1.07 bits per heavy atom. The Kier molecular flexibility index (Phi) is 2.16. The Hall–Kier alpha value is -1.38. The molecule has 1 atom stereocenters. The highest BCUT2D eigenvalue weighted by atomic mass is 16.7. The highest BCUT2D eigenvalue weighted by Crippen LogP contribution is 2.28. The molecule has 0 aliphatic carbocycles. The topological polar surface area (TPSA) is 21.3 Å². The fourth-order valence-corrected chi connectivity index (χ4v) is 2.17. The van der Waals surface area contributed by atoms with Crippen LogP contribution in [0.3, 0.4) is 0 Å². The van der Waals surface area contributed by atoms with E-state index in [0.29, 0.717) is 6.04 Å². The molecule has 1 saturated heterocycles. The van der Waals surface area contributed by atoms with Crippen LogP contribution in [0.1, 0.15) is 18.0 Å². The lowest BCUT2D eigenvalue weighted by molar-refractivity contribution is 0.0885. The van der Waals surface area contributed by atoms with Crippen LogP contribution in [0.4, 0.5) is 0 Å². The maximum absolute atomic E-state index is 5.21. The van der Waals surface area contributed by atoms with Crippen LogP contribution in [-0.4, -0.2) is 6.61 Å². The van der Waals surface area contributed by atoms with E-state index in [9.17, 15) is 0 Å². The molecule has 0 spiro atoms. The van der Waals surface area contributed by atoms with Gasteiger partial charge in [-0.1, -0.05) is 42.5 Å². The number of nitrogens with one attached hydrogen (secondary N) is 1. The Bertz CT molecular complexity index is 469. The van der Waals surface area contributed by atoms with Crippen molar-refractivity contribution in [1.29, 1.82) is 0 Å². The van der Waals surface area contributed by atoms with Crippen LogP contribution in [0.25, 0.3) is 10.8 Å². The van der Waals surface area contributed by atoms with Crippen LogP contribution in [-0.2, 0) is 4.84 Å².